The summed E-state index contributed by atoms with van der Waals surface area (Å²) in [6, 6.07) is 11.9. The summed E-state index contributed by atoms with van der Waals surface area (Å²) in [6.45, 7) is 3.74. The van der Waals surface area contributed by atoms with Gasteiger partial charge in [-0.2, -0.15) is 9.94 Å². The van der Waals surface area contributed by atoms with E-state index in [4.69, 9.17) is 5.26 Å². The second-order valence-electron chi connectivity index (χ2n) is 4.51. The Morgan fingerprint density at radius 1 is 1.29 bits per heavy atom. The highest BCUT2D eigenvalue weighted by atomic mass is 15.5. The van der Waals surface area contributed by atoms with Crippen LogP contribution < -0.4 is 0 Å². The van der Waals surface area contributed by atoms with Crippen LogP contribution in [0.25, 0.3) is 5.69 Å². The summed E-state index contributed by atoms with van der Waals surface area (Å²) < 4.78 is 1.67. The maximum atomic E-state index is 9.03. The van der Waals surface area contributed by atoms with Crippen molar-refractivity contribution in [3.63, 3.8) is 0 Å². The van der Waals surface area contributed by atoms with Crippen LogP contribution in [0, 0.1) is 16.7 Å². The SMILES string of the molecule is CC(C)(C#N)Cc1nnnn1-c1ccccc1. The van der Waals surface area contributed by atoms with Gasteiger partial charge in [0, 0.05) is 6.42 Å². The molecule has 5 nitrogen and oxygen atoms in total. The van der Waals surface area contributed by atoms with Crippen molar-refractivity contribution in [3.8, 4) is 11.8 Å². The summed E-state index contributed by atoms with van der Waals surface area (Å²) in [5, 5.41) is 20.6. The lowest BCUT2D eigenvalue weighted by molar-refractivity contribution is 0.472. The molecule has 0 aliphatic rings. The average Bonchev–Trinajstić information content (AvgIpc) is 2.77. The second kappa shape index (κ2) is 4.34. The zero-order valence-electron chi connectivity index (χ0n) is 9.83. The molecule has 0 radical (unpaired) electrons. The topological polar surface area (TPSA) is 67.4 Å². The molecule has 1 heterocycles. The van der Waals surface area contributed by atoms with E-state index in [0.717, 1.165) is 5.69 Å². The van der Waals surface area contributed by atoms with Gasteiger partial charge in [-0.05, 0) is 36.4 Å². The van der Waals surface area contributed by atoms with Gasteiger partial charge < -0.3 is 0 Å². The van der Waals surface area contributed by atoms with Crippen LogP contribution in [-0.2, 0) is 6.42 Å². The summed E-state index contributed by atoms with van der Waals surface area (Å²) in [5.41, 5.74) is 0.433. The van der Waals surface area contributed by atoms with E-state index in [1.807, 2.05) is 44.2 Å². The lowest BCUT2D eigenvalue weighted by Crippen LogP contribution is -2.16. The number of benzene rings is 1. The number of hydrogen-bond acceptors (Lipinski definition) is 4. The molecule has 86 valence electrons. The van der Waals surface area contributed by atoms with Crippen molar-refractivity contribution < 1.29 is 0 Å². The Morgan fingerprint density at radius 2 is 2.00 bits per heavy atom. The van der Waals surface area contributed by atoms with Gasteiger partial charge in [0.05, 0.1) is 17.2 Å². The number of nitriles is 1. The monoisotopic (exact) mass is 227 g/mol. The zero-order chi connectivity index (χ0) is 12.3. The molecule has 0 spiro atoms. The fourth-order valence-corrected chi connectivity index (χ4v) is 1.52. The summed E-state index contributed by atoms with van der Waals surface area (Å²) in [6.07, 6.45) is 0.519. The number of para-hydroxylation sites is 1. The molecule has 2 aromatic rings. The van der Waals surface area contributed by atoms with E-state index < -0.39 is 5.41 Å². The molecule has 0 aliphatic heterocycles. The first-order chi connectivity index (χ1) is 8.12. The molecule has 0 aliphatic carbocycles. The molecule has 0 saturated heterocycles. The van der Waals surface area contributed by atoms with Gasteiger partial charge in [0.15, 0.2) is 5.82 Å². The van der Waals surface area contributed by atoms with Gasteiger partial charge in [-0.1, -0.05) is 18.2 Å². The Kier molecular flexibility index (Phi) is 2.88. The molecule has 0 saturated carbocycles. The van der Waals surface area contributed by atoms with Gasteiger partial charge in [-0.3, -0.25) is 0 Å². The smallest absolute Gasteiger partial charge is 0.158 e. The van der Waals surface area contributed by atoms with Gasteiger partial charge in [-0.25, -0.2) is 0 Å². The van der Waals surface area contributed by atoms with E-state index in [-0.39, 0.29) is 0 Å². The van der Waals surface area contributed by atoms with Crippen molar-refractivity contribution in [2.24, 2.45) is 5.41 Å². The predicted octanol–water partition coefficient (Wildman–Crippen LogP) is 1.75. The van der Waals surface area contributed by atoms with Crippen molar-refractivity contribution in [2.75, 3.05) is 0 Å². The molecule has 0 atom stereocenters. The summed E-state index contributed by atoms with van der Waals surface area (Å²) in [7, 11) is 0. The second-order valence-corrected chi connectivity index (χ2v) is 4.51. The van der Waals surface area contributed by atoms with Crippen LogP contribution in [0.3, 0.4) is 0 Å². The Bertz CT molecular complexity index is 536. The third-order valence-electron chi connectivity index (χ3n) is 2.44. The highest BCUT2D eigenvalue weighted by molar-refractivity contribution is 5.30. The normalized spacial score (nSPS) is 11.1. The predicted molar refractivity (Wildman–Crippen MR) is 62.3 cm³/mol. The third kappa shape index (κ3) is 2.48. The van der Waals surface area contributed by atoms with Gasteiger partial charge in [-0.15, -0.1) is 5.10 Å². The highest BCUT2D eigenvalue weighted by Crippen LogP contribution is 2.20. The van der Waals surface area contributed by atoms with Crippen molar-refractivity contribution >= 4 is 0 Å². The minimum Gasteiger partial charge on any atom is -0.198 e. The number of hydrogen-bond donors (Lipinski definition) is 0. The molecule has 0 bridgehead atoms. The average molecular weight is 227 g/mol. The standard InChI is InChI=1S/C12H13N5/c1-12(2,9-13)8-11-14-15-16-17(11)10-6-4-3-5-7-10/h3-7H,8H2,1-2H3. The molecule has 1 aromatic carbocycles. The van der Waals surface area contributed by atoms with Gasteiger partial charge in [0.25, 0.3) is 0 Å². The van der Waals surface area contributed by atoms with E-state index in [2.05, 4.69) is 21.6 Å². The van der Waals surface area contributed by atoms with Crippen LogP contribution >= 0.6 is 0 Å². The van der Waals surface area contributed by atoms with Crippen LogP contribution in [0.5, 0.6) is 0 Å². The van der Waals surface area contributed by atoms with Crippen LogP contribution in [0.15, 0.2) is 30.3 Å². The van der Waals surface area contributed by atoms with Gasteiger partial charge in [0.1, 0.15) is 0 Å². The Labute approximate surface area is 99.7 Å². The molecule has 5 heteroatoms. The molecule has 2 rings (SSSR count). The minimum absolute atomic E-state index is 0.471. The zero-order valence-corrected chi connectivity index (χ0v) is 9.83. The van der Waals surface area contributed by atoms with Crippen LogP contribution in [0.2, 0.25) is 0 Å². The maximum absolute atomic E-state index is 9.03. The van der Waals surface area contributed by atoms with Crippen LogP contribution in [-0.4, -0.2) is 20.2 Å². The van der Waals surface area contributed by atoms with Crippen molar-refractivity contribution in [1.82, 2.24) is 20.2 Å². The van der Waals surface area contributed by atoms with Crippen LogP contribution in [0.4, 0.5) is 0 Å². The van der Waals surface area contributed by atoms with Crippen molar-refractivity contribution in [1.29, 1.82) is 5.26 Å². The van der Waals surface area contributed by atoms with Gasteiger partial charge >= 0.3 is 0 Å². The van der Waals surface area contributed by atoms with Crippen LogP contribution in [0.1, 0.15) is 19.7 Å². The lowest BCUT2D eigenvalue weighted by atomic mass is 9.91. The quantitative estimate of drug-likeness (QED) is 0.801. The molecular formula is C12H13N5. The maximum Gasteiger partial charge on any atom is 0.158 e. The fourth-order valence-electron chi connectivity index (χ4n) is 1.52. The summed E-state index contributed by atoms with van der Waals surface area (Å²) in [5.74, 6) is 0.697. The number of nitrogens with zero attached hydrogens (tertiary/aromatic N) is 5. The Balaban J connectivity index is 2.34. The number of tetrazole rings is 1. The molecule has 17 heavy (non-hydrogen) atoms. The van der Waals surface area contributed by atoms with Gasteiger partial charge in [0.2, 0.25) is 0 Å². The van der Waals surface area contributed by atoms with E-state index in [0.29, 0.717) is 12.2 Å². The first kappa shape index (κ1) is 11.3. The van der Waals surface area contributed by atoms with E-state index in [1.165, 1.54) is 0 Å². The van der Waals surface area contributed by atoms with E-state index in [1.54, 1.807) is 4.68 Å². The first-order valence-corrected chi connectivity index (χ1v) is 5.36. The summed E-state index contributed by atoms with van der Waals surface area (Å²) >= 11 is 0. The number of aromatic nitrogens is 4. The number of rotatable bonds is 3. The molecular weight excluding hydrogens is 214 g/mol. The Morgan fingerprint density at radius 3 is 2.65 bits per heavy atom. The van der Waals surface area contributed by atoms with Crippen molar-refractivity contribution in [2.45, 2.75) is 20.3 Å². The fraction of sp³-hybridized carbons (Fsp3) is 0.333. The van der Waals surface area contributed by atoms with E-state index >= 15 is 0 Å². The largest absolute Gasteiger partial charge is 0.198 e. The minimum atomic E-state index is -0.471. The van der Waals surface area contributed by atoms with E-state index in [9.17, 15) is 0 Å². The molecule has 0 N–H and O–H groups in total. The molecule has 0 unspecified atom stereocenters. The lowest BCUT2D eigenvalue weighted by Gasteiger charge is -2.13. The summed E-state index contributed by atoms with van der Waals surface area (Å²) in [4.78, 5) is 0. The first-order valence-electron chi connectivity index (χ1n) is 5.36. The highest BCUT2D eigenvalue weighted by Gasteiger charge is 2.22. The van der Waals surface area contributed by atoms with Crippen molar-refractivity contribution in [3.05, 3.63) is 36.2 Å². The third-order valence-corrected chi connectivity index (χ3v) is 2.44. The molecule has 0 amide bonds. The molecule has 1 aromatic heterocycles. The Hall–Kier alpha value is -2.22. The molecule has 0 fully saturated rings.